The Morgan fingerprint density at radius 3 is 2.76 bits per heavy atom. The van der Waals surface area contributed by atoms with Crippen LogP contribution in [0.1, 0.15) is 28.8 Å². The van der Waals surface area contributed by atoms with Crippen LogP contribution in [0.5, 0.6) is 0 Å². The first-order valence-corrected chi connectivity index (χ1v) is 7.91. The van der Waals surface area contributed by atoms with Gasteiger partial charge in [-0.05, 0) is 65.0 Å². The van der Waals surface area contributed by atoms with Gasteiger partial charge in [0.1, 0.15) is 0 Å². The second-order valence-corrected chi connectivity index (χ2v) is 6.13. The summed E-state index contributed by atoms with van der Waals surface area (Å²) >= 11 is 3.39. The van der Waals surface area contributed by atoms with E-state index in [2.05, 4.69) is 22.0 Å². The number of rotatable bonds is 1. The molecule has 1 aliphatic rings. The van der Waals surface area contributed by atoms with E-state index in [9.17, 15) is 4.79 Å². The number of anilines is 2. The number of benzene rings is 2. The van der Waals surface area contributed by atoms with Crippen molar-refractivity contribution in [3.8, 4) is 0 Å². The highest BCUT2D eigenvalue weighted by Crippen LogP contribution is 2.28. The van der Waals surface area contributed by atoms with Crippen molar-refractivity contribution in [2.45, 2.75) is 19.3 Å². The van der Waals surface area contributed by atoms with Gasteiger partial charge in [-0.25, -0.2) is 0 Å². The maximum Gasteiger partial charge on any atom is 0.258 e. The Labute approximate surface area is 132 Å². The summed E-state index contributed by atoms with van der Waals surface area (Å²) in [6, 6.07) is 13.5. The predicted octanol–water partition coefficient (Wildman–Crippen LogP) is 4.01. The Hall–Kier alpha value is -1.81. The fourth-order valence-corrected chi connectivity index (χ4v) is 3.10. The van der Waals surface area contributed by atoms with Gasteiger partial charge in [0, 0.05) is 28.0 Å². The quantitative estimate of drug-likeness (QED) is 0.794. The van der Waals surface area contributed by atoms with E-state index in [1.165, 1.54) is 5.56 Å². The summed E-state index contributed by atoms with van der Waals surface area (Å²) in [4.78, 5) is 14.7. The van der Waals surface area contributed by atoms with E-state index >= 15 is 0 Å². The molecule has 1 amide bonds. The second-order valence-electron chi connectivity index (χ2n) is 5.28. The van der Waals surface area contributed by atoms with Crippen LogP contribution in [-0.2, 0) is 6.42 Å². The molecule has 3 nitrogen and oxygen atoms in total. The van der Waals surface area contributed by atoms with Crippen molar-refractivity contribution < 1.29 is 4.79 Å². The lowest BCUT2D eigenvalue weighted by molar-refractivity contribution is 0.0987. The molecule has 4 heteroatoms. The number of para-hydroxylation sites is 1. The summed E-state index contributed by atoms with van der Waals surface area (Å²) < 4.78 is 0.761. The molecule has 0 bridgehead atoms. The first-order chi connectivity index (χ1) is 10.2. The van der Waals surface area contributed by atoms with Crippen LogP contribution in [-0.4, -0.2) is 12.5 Å². The number of halogens is 1. The van der Waals surface area contributed by atoms with Crippen LogP contribution in [0, 0.1) is 0 Å². The molecule has 1 aliphatic heterocycles. The molecular weight excluding hydrogens is 328 g/mol. The number of fused-ring (bicyclic) bond motifs is 1. The van der Waals surface area contributed by atoms with Crippen LogP contribution in [0.25, 0.3) is 0 Å². The first-order valence-electron chi connectivity index (χ1n) is 7.11. The highest BCUT2D eigenvalue weighted by Gasteiger charge is 2.22. The number of nitrogens with zero attached hydrogens (tertiary/aromatic N) is 1. The number of carbonyl (C=O) groups excluding carboxylic acids is 1. The molecule has 0 saturated carbocycles. The molecule has 0 aromatic heterocycles. The largest absolute Gasteiger partial charge is 0.398 e. The predicted molar refractivity (Wildman–Crippen MR) is 89.6 cm³/mol. The number of aryl methyl sites for hydroxylation is 1. The molecule has 0 spiro atoms. The average molecular weight is 345 g/mol. The summed E-state index contributed by atoms with van der Waals surface area (Å²) in [5, 5.41) is 0. The third kappa shape index (κ3) is 2.81. The summed E-state index contributed by atoms with van der Waals surface area (Å²) in [5.74, 6) is 0.0325. The van der Waals surface area contributed by atoms with Gasteiger partial charge in [0.2, 0.25) is 0 Å². The van der Waals surface area contributed by atoms with Gasteiger partial charge in [-0.2, -0.15) is 0 Å². The van der Waals surface area contributed by atoms with E-state index in [1.54, 1.807) is 18.2 Å². The maximum absolute atomic E-state index is 12.8. The van der Waals surface area contributed by atoms with Gasteiger partial charge in [-0.3, -0.25) is 4.79 Å². The van der Waals surface area contributed by atoms with Crippen molar-refractivity contribution in [1.82, 2.24) is 0 Å². The zero-order valence-electron chi connectivity index (χ0n) is 11.7. The third-order valence-corrected chi connectivity index (χ3v) is 4.54. The number of hydrogen-bond donors (Lipinski definition) is 1. The van der Waals surface area contributed by atoms with E-state index < -0.39 is 0 Å². The van der Waals surface area contributed by atoms with E-state index in [0.717, 1.165) is 36.0 Å². The molecule has 0 saturated heterocycles. The van der Waals surface area contributed by atoms with Crippen molar-refractivity contribution in [3.05, 3.63) is 58.1 Å². The zero-order valence-corrected chi connectivity index (χ0v) is 13.3. The molecule has 0 aliphatic carbocycles. The Kier molecular flexibility index (Phi) is 3.97. The topological polar surface area (TPSA) is 46.3 Å². The van der Waals surface area contributed by atoms with E-state index in [1.807, 2.05) is 23.1 Å². The van der Waals surface area contributed by atoms with Gasteiger partial charge in [-0.15, -0.1) is 0 Å². The number of carbonyl (C=O) groups is 1. The smallest absolute Gasteiger partial charge is 0.258 e. The number of hydrogen-bond acceptors (Lipinski definition) is 2. The van der Waals surface area contributed by atoms with Gasteiger partial charge < -0.3 is 10.6 Å². The minimum Gasteiger partial charge on any atom is -0.398 e. The normalized spacial score (nSPS) is 14.4. The molecule has 2 N–H and O–H groups in total. The van der Waals surface area contributed by atoms with Gasteiger partial charge >= 0.3 is 0 Å². The van der Waals surface area contributed by atoms with E-state index in [0.29, 0.717) is 11.3 Å². The van der Waals surface area contributed by atoms with E-state index in [4.69, 9.17) is 5.73 Å². The lowest BCUT2D eigenvalue weighted by Crippen LogP contribution is -2.31. The van der Waals surface area contributed by atoms with Gasteiger partial charge in [-0.1, -0.05) is 18.2 Å². The Morgan fingerprint density at radius 2 is 1.95 bits per heavy atom. The van der Waals surface area contributed by atoms with Crippen LogP contribution >= 0.6 is 15.9 Å². The molecule has 2 aromatic rings. The lowest BCUT2D eigenvalue weighted by Gasteiger charge is -2.23. The Balaban J connectivity index is 1.99. The molecule has 108 valence electrons. The summed E-state index contributed by atoms with van der Waals surface area (Å²) in [7, 11) is 0. The van der Waals surface area contributed by atoms with Gasteiger partial charge in [0.15, 0.2) is 0 Å². The molecule has 0 radical (unpaired) electrons. The summed E-state index contributed by atoms with van der Waals surface area (Å²) in [5.41, 5.74) is 9.38. The molecular formula is C17H17BrN2O. The van der Waals surface area contributed by atoms with Gasteiger partial charge in [0.05, 0.1) is 0 Å². The van der Waals surface area contributed by atoms with Crippen LogP contribution in [0.3, 0.4) is 0 Å². The van der Waals surface area contributed by atoms with Crippen molar-refractivity contribution in [2.24, 2.45) is 0 Å². The van der Waals surface area contributed by atoms with Crippen molar-refractivity contribution in [1.29, 1.82) is 0 Å². The Morgan fingerprint density at radius 1 is 1.14 bits per heavy atom. The highest BCUT2D eigenvalue weighted by molar-refractivity contribution is 9.10. The SMILES string of the molecule is Nc1ccc(C(=O)N2CCCCc3ccccc32)cc1Br. The van der Waals surface area contributed by atoms with Crippen molar-refractivity contribution >= 4 is 33.2 Å². The monoisotopic (exact) mass is 344 g/mol. The summed E-state index contributed by atoms with van der Waals surface area (Å²) in [6.45, 7) is 0.762. The zero-order chi connectivity index (χ0) is 14.8. The number of amides is 1. The molecule has 0 atom stereocenters. The third-order valence-electron chi connectivity index (χ3n) is 3.85. The molecule has 21 heavy (non-hydrogen) atoms. The average Bonchev–Trinajstić information content (AvgIpc) is 2.71. The molecule has 1 heterocycles. The second kappa shape index (κ2) is 5.90. The molecule has 2 aromatic carbocycles. The molecule has 0 fully saturated rings. The number of nitrogens with two attached hydrogens (primary N) is 1. The van der Waals surface area contributed by atoms with Crippen molar-refractivity contribution in [2.75, 3.05) is 17.2 Å². The van der Waals surface area contributed by atoms with Crippen LogP contribution in [0.2, 0.25) is 0 Å². The molecule has 0 unspecified atom stereocenters. The lowest BCUT2D eigenvalue weighted by atomic mass is 10.1. The van der Waals surface area contributed by atoms with Crippen molar-refractivity contribution in [3.63, 3.8) is 0 Å². The standard InChI is InChI=1S/C17H17BrN2O/c18-14-11-13(8-9-15(14)19)17(21)20-10-4-3-6-12-5-1-2-7-16(12)20/h1-2,5,7-9,11H,3-4,6,10,19H2. The van der Waals surface area contributed by atoms with Gasteiger partial charge in [0.25, 0.3) is 5.91 Å². The van der Waals surface area contributed by atoms with Crippen LogP contribution in [0.15, 0.2) is 46.9 Å². The number of nitrogen functional groups attached to an aromatic ring is 1. The minimum atomic E-state index is 0.0325. The van der Waals surface area contributed by atoms with Crippen LogP contribution < -0.4 is 10.6 Å². The summed E-state index contributed by atoms with van der Waals surface area (Å²) in [6.07, 6.45) is 3.17. The van der Waals surface area contributed by atoms with Crippen LogP contribution in [0.4, 0.5) is 11.4 Å². The highest BCUT2D eigenvalue weighted by atomic mass is 79.9. The fourth-order valence-electron chi connectivity index (χ4n) is 2.72. The Bertz CT molecular complexity index is 684. The maximum atomic E-state index is 12.8. The van der Waals surface area contributed by atoms with E-state index in [-0.39, 0.29) is 5.91 Å². The first kappa shape index (κ1) is 14.1. The fraction of sp³-hybridized carbons (Fsp3) is 0.235. The molecule has 3 rings (SSSR count). The minimum absolute atomic E-state index is 0.0325.